The normalized spacial score (nSPS) is 18.4. The van der Waals surface area contributed by atoms with E-state index in [1.165, 1.54) is 0 Å². The predicted octanol–water partition coefficient (Wildman–Crippen LogP) is 4.73. The van der Waals surface area contributed by atoms with Crippen LogP contribution in [0.3, 0.4) is 0 Å². The van der Waals surface area contributed by atoms with Crippen LogP contribution in [0.15, 0.2) is 42.5 Å². The number of unbranched alkanes of at least 4 members (excludes halogenated alkanes) is 1. The molecule has 1 amide bonds. The van der Waals surface area contributed by atoms with Crippen LogP contribution in [0.2, 0.25) is 0 Å². The number of aromatic nitrogens is 1. The number of nitrogen functional groups attached to an aromatic ring is 1. The number of aryl methyl sites for hydroxylation is 1. The quantitative estimate of drug-likeness (QED) is 0.125. The summed E-state index contributed by atoms with van der Waals surface area (Å²) in [4.78, 5) is 40.1. The summed E-state index contributed by atoms with van der Waals surface area (Å²) in [5.41, 5.74) is 7.80. The second kappa shape index (κ2) is 22.6. The molecule has 1 aromatic heterocycles. The fourth-order valence-corrected chi connectivity index (χ4v) is 7.58. The molecule has 270 valence electrons. The number of nitrogens with one attached hydrogen (secondary N) is 1. The first-order valence-corrected chi connectivity index (χ1v) is 18.7. The zero-order chi connectivity index (χ0) is 34.5. The summed E-state index contributed by atoms with van der Waals surface area (Å²) >= 11 is 1.98. The monoisotopic (exact) mass is 699 g/mol. The Morgan fingerprint density at radius 2 is 1.43 bits per heavy atom. The van der Waals surface area contributed by atoms with Gasteiger partial charge in [0.05, 0.1) is 46.2 Å². The van der Waals surface area contributed by atoms with Crippen LogP contribution in [-0.4, -0.2) is 92.4 Å². The van der Waals surface area contributed by atoms with E-state index in [1.54, 1.807) is 18.2 Å². The number of nitrogens with two attached hydrogens (primary N) is 1. The van der Waals surface area contributed by atoms with Crippen molar-refractivity contribution in [2.45, 2.75) is 82.1 Å². The highest BCUT2D eigenvalue weighted by Gasteiger charge is 2.42. The van der Waals surface area contributed by atoms with Crippen molar-refractivity contribution in [3.05, 3.63) is 53.6 Å². The molecule has 0 radical (unpaired) electrons. The largest absolute Gasteiger partial charge is 0.473 e. The Labute approximate surface area is 294 Å². The summed E-state index contributed by atoms with van der Waals surface area (Å²) < 4.78 is 27.8. The van der Waals surface area contributed by atoms with Crippen molar-refractivity contribution in [2.24, 2.45) is 5.92 Å². The lowest BCUT2D eigenvalue weighted by molar-refractivity contribution is -0.120. The van der Waals surface area contributed by atoms with Crippen LogP contribution in [0, 0.1) is 5.92 Å². The Kier molecular flexibility index (Phi) is 17.9. The third-order valence-electron chi connectivity index (χ3n) is 8.68. The van der Waals surface area contributed by atoms with Gasteiger partial charge in [-0.15, -0.1) is 0 Å². The number of hydrogen-bond acceptors (Lipinski definition) is 11. The minimum absolute atomic E-state index is 0.174. The number of ketones is 2. The summed E-state index contributed by atoms with van der Waals surface area (Å²) in [5, 5.41) is 3.63. The van der Waals surface area contributed by atoms with Gasteiger partial charge in [-0.3, -0.25) is 14.4 Å². The molecule has 1 aromatic carbocycles. The molecule has 0 bridgehead atoms. The van der Waals surface area contributed by atoms with Gasteiger partial charge in [-0.05, 0) is 42.9 Å². The second-order valence-corrected chi connectivity index (χ2v) is 13.8. The van der Waals surface area contributed by atoms with Gasteiger partial charge in [-0.25, -0.2) is 0 Å². The van der Waals surface area contributed by atoms with Crippen molar-refractivity contribution in [1.29, 1.82) is 0 Å². The highest BCUT2D eigenvalue weighted by Crippen LogP contribution is 2.40. The van der Waals surface area contributed by atoms with E-state index in [-0.39, 0.29) is 11.7 Å². The molecule has 0 aliphatic carbocycles. The van der Waals surface area contributed by atoms with E-state index < -0.39 is 0 Å². The van der Waals surface area contributed by atoms with E-state index in [9.17, 15) is 14.4 Å². The minimum atomic E-state index is 0.174. The number of benzene rings is 1. The van der Waals surface area contributed by atoms with Crippen molar-refractivity contribution in [3.8, 4) is 5.88 Å². The molecule has 3 N–H and O–H groups in total. The van der Waals surface area contributed by atoms with Gasteiger partial charge in [0.1, 0.15) is 24.0 Å². The Balaban J connectivity index is 0.855. The molecule has 3 unspecified atom stereocenters. The van der Waals surface area contributed by atoms with Gasteiger partial charge in [-0.2, -0.15) is 16.7 Å². The molecule has 4 rings (SSSR count). The molecule has 0 saturated carbocycles. The highest BCUT2D eigenvalue weighted by atomic mass is 32.2. The fourth-order valence-electron chi connectivity index (χ4n) is 5.92. The molecule has 2 aliphatic rings. The molecule has 2 saturated heterocycles. The van der Waals surface area contributed by atoms with E-state index in [4.69, 9.17) is 29.4 Å². The average molecular weight is 700 g/mol. The molecule has 49 heavy (non-hydrogen) atoms. The summed E-state index contributed by atoms with van der Waals surface area (Å²) in [6.45, 7) is 4.15. The number of anilines is 1. The molecular weight excluding hydrogens is 646 g/mol. The van der Waals surface area contributed by atoms with Gasteiger partial charge in [0, 0.05) is 67.7 Å². The summed E-state index contributed by atoms with van der Waals surface area (Å²) in [6, 6.07) is 13.7. The van der Waals surface area contributed by atoms with Crippen LogP contribution in [-0.2, 0) is 46.4 Å². The number of Topliss-reactive ketones (excluding diaryl/α,β-unsaturated/α-hetero) is 2. The number of rotatable bonds is 27. The van der Waals surface area contributed by atoms with Gasteiger partial charge < -0.3 is 34.7 Å². The van der Waals surface area contributed by atoms with Gasteiger partial charge >= 0.3 is 0 Å². The number of fused-ring (bicyclic) bond motifs is 1. The predicted molar refractivity (Wildman–Crippen MR) is 190 cm³/mol. The van der Waals surface area contributed by atoms with E-state index in [0.717, 1.165) is 42.6 Å². The Bertz CT molecular complexity index is 1280. The van der Waals surface area contributed by atoms with Crippen molar-refractivity contribution in [3.63, 3.8) is 0 Å². The van der Waals surface area contributed by atoms with E-state index in [2.05, 4.69) is 10.3 Å². The first-order chi connectivity index (χ1) is 24.0. The number of ether oxygens (including phenoxy) is 5. The summed E-state index contributed by atoms with van der Waals surface area (Å²) in [5.74, 6) is 3.10. The SMILES string of the molecule is Nc1cccc(OCc2ccc(CCC(=O)CCOCCOCCOCCOCCCC(=O)CCCCC3SCC4NC(=O)CC43)cc2)n1. The lowest BCUT2D eigenvalue weighted by atomic mass is 9.94. The van der Waals surface area contributed by atoms with Crippen LogP contribution in [0.4, 0.5) is 5.82 Å². The number of amides is 1. The van der Waals surface area contributed by atoms with Gasteiger partial charge in [-0.1, -0.05) is 36.8 Å². The average Bonchev–Trinajstić information content (AvgIpc) is 3.66. The number of thioether (sulfide) groups is 1. The van der Waals surface area contributed by atoms with Gasteiger partial charge in [0.15, 0.2) is 0 Å². The number of pyridine rings is 1. The van der Waals surface area contributed by atoms with E-state index in [0.29, 0.717) is 133 Å². The molecule has 3 atom stereocenters. The van der Waals surface area contributed by atoms with Crippen molar-refractivity contribution in [2.75, 3.05) is 64.3 Å². The Morgan fingerprint density at radius 1 is 0.776 bits per heavy atom. The molecule has 2 aliphatic heterocycles. The lowest BCUT2D eigenvalue weighted by Crippen LogP contribution is -2.29. The number of carbonyl (C=O) groups excluding carboxylic acids is 3. The van der Waals surface area contributed by atoms with Crippen molar-refractivity contribution < 1.29 is 38.1 Å². The maximum absolute atomic E-state index is 12.2. The van der Waals surface area contributed by atoms with Crippen LogP contribution < -0.4 is 15.8 Å². The molecular formula is C37H53N3O8S. The summed E-state index contributed by atoms with van der Waals surface area (Å²) in [6.07, 6.45) is 7.23. The third-order valence-corrected chi connectivity index (χ3v) is 10.2. The van der Waals surface area contributed by atoms with Crippen LogP contribution in [0.5, 0.6) is 5.88 Å². The molecule has 0 spiro atoms. The molecule has 2 fully saturated rings. The molecule has 12 heteroatoms. The topological polar surface area (TPSA) is 148 Å². The maximum atomic E-state index is 12.2. The zero-order valence-electron chi connectivity index (χ0n) is 28.6. The number of nitrogens with zero attached hydrogens (tertiary/aromatic N) is 1. The smallest absolute Gasteiger partial charge is 0.220 e. The lowest BCUT2D eigenvalue weighted by Gasteiger charge is -2.15. The van der Waals surface area contributed by atoms with Crippen LogP contribution >= 0.6 is 11.8 Å². The Morgan fingerprint density at radius 3 is 2.16 bits per heavy atom. The first-order valence-electron chi connectivity index (χ1n) is 17.6. The van der Waals surface area contributed by atoms with E-state index >= 15 is 0 Å². The van der Waals surface area contributed by atoms with Crippen LogP contribution in [0.1, 0.15) is 68.9 Å². The van der Waals surface area contributed by atoms with Gasteiger partial charge in [0.2, 0.25) is 11.8 Å². The van der Waals surface area contributed by atoms with Crippen molar-refractivity contribution in [1.82, 2.24) is 10.3 Å². The van der Waals surface area contributed by atoms with Gasteiger partial charge in [0.25, 0.3) is 0 Å². The number of hydrogen-bond donors (Lipinski definition) is 2. The Hall–Kier alpha value is -3.03. The van der Waals surface area contributed by atoms with Crippen molar-refractivity contribution >= 4 is 35.1 Å². The maximum Gasteiger partial charge on any atom is 0.220 e. The molecule has 11 nitrogen and oxygen atoms in total. The standard InChI is InChI=1S/C37H53N3O8S/c38-35-8-3-9-37(40-35)48-26-29-12-10-28(11-13-29)14-15-31(42)16-18-45-20-22-47-24-23-46-21-19-44-17-4-6-30(41)5-1-2-7-34-32-25-36(43)39-33(32)27-49-34/h3,8-13,32-34H,1-2,4-7,14-27H2,(H2,38,40)(H,39,43). The van der Waals surface area contributed by atoms with E-state index in [1.807, 2.05) is 36.0 Å². The molecule has 2 aromatic rings. The van der Waals surface area contributed by atoms with Crippen LogP contribution in [0.25, 0.3) is 0 Å². The zero-order valence-corrected chi connectivity index (χ0v) is 29.4. The minimum Gasteiger partial charge on any atom is -0.473 e. The molecule has 3 heterocycles. The first kappa shape index (κ1) is 38.8. The fraction of sp³-hybridized carbons (Fsp3) is 0.622. The third kappa shape index (κ3) is 15.6. The second-order valence-electron chi connectivity index (χ2n) is 12.5. The number of carbonyl (C=O) groups is 3. The highest BCUT2D eigenvalue weighted by molar-refractivity contribution is 8.00. The summed E-state index contributed by atoms with van der Waals surface area (Å²) in [7, 11) is 0.